The first-order valence-electron chi connectivity index (χ1n) is 6.24. The van der Waals surface area contributed by atoms with Crippen molar-refractivity contribution in [3.05, 3.63) is 0 Å². The van der Waals surface area contributed by atoms with E-state index in [-0.39, 0.29) is 0 Å². The predicted octanol–water partition coefficient (Wildman–Crippen LogP) is 1.22. The fourth-order valence-corrected chi connectivity index (χ4v) is 2.33. The molecule has 1 fully saturated rings. The van der Waals surface area contributed by atoms with Crippen LogP contribution >= 0.6 is 0 Å². The molecular formula is C12H26N2O. The number of nitrogens with one attached hydrogen (secondary N) is 1. The molecule has 3 heteroatoms. The van der Waals surface area contributed by atoms with Gasteiger partial charge in [-0.2, -0.15) is 0 Å². The molecule has 1 unspecified atom stereocenters. The van der Waals surface area contributed by atoms with E-state index in [1.54, 1.807) is 0 Å². The van der Waals surface area contributed by atoms with Gasteiger partial charge in [0.05, 0.1) is 5.60 Å². The maximum atomic E-state index is 10.2. The summed E-state index contributed by atoms with van der Waals surface area (Å²) in [5.41, 5.74) is -0.493. The van der Waals surface area contributed by atoms with E-state index in [4.69, 9.17) is 0 Å². The second-order valence-electron chi connectivity index (χ2n) is 4.92. The van der Waals surface area contributed by atoms with Crippen LogP contribution in [0, 0.1) is 0 Å². The van der Waals surface area contributed by atoms with E-state index < -0.39 is 5.60 Å². The predicted molar refractivity (Wildman–Crippen MR) is 64.1 cm³/mol. The van der Waals surface area contributed by atoms with Gasteiger partial charge in [-0.25, -0.2) is 0 Å². The molecule has 0 aromatic carbocycles. The average Bonchev–Trinajstić information content (AvgIpc) is 2.70. The number of hydrogen-bond donors (Lipinski definition) is 2. The molecular weight excluding hydrogens is 188 g/mol. The van der Waals surface area contributed by atoms with E-state index in [0.717, 1.165) is 32.5 Å². The first kappa shape index (κ1) is 12.9. The lowest BCUT2D eigenvalue weighted by Gasteiger charge is -2.32. The molecule has 0 radical (unpaired) electrons. The highest BCUT2D eigenvalue weighted by molar-refractivity contribution is 4.82. The third-order valence-electron chi connectivity index (χ3n) is 3.57. The van der Waals surface area contributed by atoms with Gasteiger partial charge in [0.25, 0.3) is 0 Å². The highest BCUT2D eigenvalue weighted by atomic mass is 16.3. The average molecular weight is 214 g/mol. The second-order valence-corrected chi connectivity index (χ2v) is 4.92. The molecule has 1 heterocycles. The van der Waals surface area contributed by atoms with Crippen molar-refractivity contribution in [2.45, 2.75) is 51.2 Å². The molecule has 1 atom stereocenters. The van der Waals surface area contributed by atoms with E-state index >= 15 is 0 Å². The van der Waals surface area contributed by atoms with E-state index in [1.807, 2.05) is 0 Å². The Morgan fingerprint density at radius 2 is 2.07 bits per heavy atom. The van der Waals surface area contributed by atoms with Crippen molar-refractivity contribution in [1.29, 1.82) is 0 Å². The number of likely N-dealkylation sites (N-methyl/N-ethyl adjacent to an activating group) is 1. The zero-order chi connectivity index (χ0) is 11.3. The minimum Gasteiger partial charge on any atom is -0.389 e. The van der Waals surface area contributed by atoms with Crippen LogP contribution in [-0.4, -0.2) is 48.3 Å². The Balaban J connectivity index is 2.30. The quantitative estimate of drug-likeness (QED) is 0.698. The molecule has 0 amide bonds. The molecule has 0 aromatic rings. The Morgan fingerprint density at radius 1 is 1.40 bits per heavy atom. The monoisotopic (exact) mass is 214 g/mol. The summed E-state index contributed by atoms with van der Waals surface area (Å²) >= 11 is 0. The van der Waals surface area contributed by atoms with Crippen molar-refractivity contribution >= 4 is 0 Å². The summed E-state index contributed by atoms with van der Waals surface area (Å²) in [6.45, 7) is 7.13. The van der Waals surface area contributed by atoms with Gasteiger partial charge in [-0.15, -0.1) is 0 Å². The molecule has 1 saturated heterocycles. The lowest BCUT2D eigenvalue weighted by molar-refractivity contribution is 0.00166. The van der Waals surface area contributed by atoms with Crippen LogP contribution < -0.4 is 5.32 Å². The van der Waals surface area contributed by atoms with Crippen molar-refractivity contribution < 1.29 is 5.11 Å². The molecule has 15 heavy (non-hydrogen) atoms. The van der Waals surface area contributed by atoms with Crippen molar-refractivity contribution in [1.82, 2.24) is 10.2 Å². The zero-order valence-electron chi connectivity index (χ0n) is 10.4. The topological polar surface area (TPSA) is 35.5 Å². The van der Waals surface area contributed by atoms with Gasteiger partial charge in [-0.1, -0.05) is 13.8 Å². The number of nitrogens with zero attached hydrogens (tertiary/aromatic N) is 1. The third-order valence-corrected chi connectivity index (χ3v) is 3.57. The molecule has 0 saturated carbocycles. The normalized spacial score (nSPS) is 22.6. The van der Waals surface area contributed by atoms with E-state index in [9.17, 15) is 5.11 Å². The van der Waals surface area contributed by atoms with Gasteiger partial charge in [0.1, 0.15) is 0 Å². The summed E-state index contributed by atoms with van der Waals surface area (Å²) in [7, 11) is 2.11. The van der Waals surface area contributed by atoms with Crippen LogP contribution in [0.2, 0.25) is 0 Å². The maximum absolute atomic E-state index is 10.2. The first-order chi connectivity index (χ1) is 7.09. The van der Waals surface area contributed by atoms with Crippen LogP contribution in [-0.2, 0) is 0 Å². The minimum atomic E-state index is -0.493. The minimum absolute atomic E-state index is 0.493. The van der Waals surface area contributed by atoms with E-state index in [1.165, 1.54) is 12.8 Å². The fraction of sp³-hybridized carbons (Fsp3) is 1.00. The zero-order valence-corrected chi connectivity index (χ0v) is 10.4. The Bertz CT molecular complexity index is 174. The van der Waals surface area contributed by atoms with Crippen molar-refractivity contribution in [2.75, 3.05) is 26.7 Å². The molecule has 1 aliphatic rings. The van der Waals surface area contributed by atoms with Crippen molar-refractivity contribution in [3.63, 3.8) is 0 Å². The van der Waals surface area contributed by atoms with Gasteiger partial charge in [0.15, 0.2) is 0 Å². The van der Waals surface area contributed by atoms with Crippen molar-refractivity contribution in [3.8, 4) is 0 Å². The van der Waals surface area contributed by atoms with Crippen LogP contribution in [0.3, 0.4) is 0 Å². The first-order valence-corrected chi connectivity index (χ1v) is 6.24. The van der Waals surface area contributed by atoms with Gasteiger partial charge < -0.3 is 15.3 Å². The van der Waals surface area contributed by atoms with Crippen LogP contribution in [0.5, 0.6) is 0 Å². The lowest BCUT2D eigenvalue weighted by Crippen LogP contribution is -2.44. The molecule has 0 spiro atoms. The van der Waals surface area contributed by atoms with Crippen LogP contribution in [0.1, 0.15) is 39.5 Å². The van der Waals surface area contributed by atoms with Gasteiger partial charge in [-0.3, -0.25) is 0 Å². The summed E-state index contributed by atoms with van der Waals surface area (Å²) in [6.07, 6.45) is 4.25. The Hall–Kier alpha value is -0.120. The smallest absolute Gasteiger partial charge is 0.0768 e. The van der Waals surface area contributed by atoms with Crippen LogP contribution in [0.15, 0.2) is 0 Å². The molecule has 0 aliphatic carbocycles. The summed E-state index contributed by atoms with van der Waals surface area (Å²) in [5, 5.41) is 13.7. The highest BCUT2D eigenvalue weighted by Gasteiger charge is 2.25. The molecule has 0 aromatic heterocycles. The van der Waals surface area contributed by atoms with Gasteiger partial charge >= 0.3 is 0 Å². The summed E-state index contributed by atoms with van der Waals surface area (Å²) in [6, 6.07) is 0.632. The van der Waals surface area contributed by atoms with Gasteiger partial charge in [-0.05, 0) is 39.3 Å². The number of aliphatic hydroxyl groups is 1. The maximum Gasteiger partial charge on any atom is 0.0768 e. The Kier molecular flexibility index (Phi) is 5.03. The molecule has 1 aliphatic heterocycles. The fourth-order valence-electron chi connectivity index (χ4n) is 2.33. The van der Waals surface area contributed by atoms with Crippen LogP contribution in [0.25, 0.3) is 0 Å². The highest BCUT2D eigenvalue weighted by Crippen LogP contribution is 2.16. The third kappa shape index (κ3) is 4.09. The molecule has 0 bridgehead atoms. The number of rotatable bonds is 6. The standard InChI is InChI=1S/C12H26N2O/c1-4-12(15,5-2)10-14(3)9-11-7-6-8-13-11/h11,13,15H,4-10H2,1-3H3. The largest absolute Gasteiger partial charge is 0.389 e. The Morgan fingerprint density at radius 3 is 2.53 bits per heavy atom. The van der Waals surface area contributed by atoms with E-state index in [0.29, 0.717) is 6.04 Å². The number of hydrogen-bond acceptors (Lipinski definition) is 3. The molecule has 90 valence electrons. The second kappa shape index (κ2) is 5.83. The summed E-state index contributed by atoms with van der Waals surface area (Å²) in [5.74, 6) is 0. The summed E-state index contributed by atoms with van der Waals surface area (Å²) in [4.78, 5) is 2.26. The van der Waals surface area contributed by atoms with E-state index in [2.05, 4.69) is 31.1 Å². The molecule has 2 N–H and O–H groups in total. The Labute approximate surface area is 93.9 Å². The van der Waals surface area contributed by atoms with Crippen LogP contribution in [0.4, 0.5) is 0 Å². The molecule has 1 rings (SSSR count). The van der Waals surface area contributed by atoms with Gasteiger partial charge in [0.2, 0.25) is 0 Å². The lowest BCUT2D eigenvalue weighted by atomic mass is 9.97. The van der Waals surface area contributed by atoms with Crippen molar-refractivity contribution in [2.24, 2.45) is 0 Å². The SMILES string of the molecule is CCC(O)(CC)CN(C)CC1CCCN1. The molecule has 3 nitrogen and oxygen atoms in total. The van der Waals surface area contributed by atoms with Gasteiger partial charge in [0, 0.05) is 19.1 Å². The summed E-state index contributed by atoms with van der Waals surface area (Å²) < 4.78 is 0.